The van der Waals surface area contributed by atoms with Gasteiger partial charge in [0.05, 0.1) is 0 Å². The molecule has 0 aliphatic heterocycles. The van der Waals surface area contributed by atoms with Crippen molar-refractivity contribution in [2.75, 3.05) is 13.2 Å². The predicted octanol–water partition coefficient (Wildman–Crippen LogP) is 2.61. The molecule has 0 fully saturated rings. The first kappa shape index (κ1) is 22.0. The average Bonchev–Trinajstić information content (AvgIpc) is 3.00. The molecule has 0 heterocycles. The van der Waals surface area contributed by atoms with Gasteiger partial charge in [-0.1, -0.05) is 0 Å². The Kier molecular flexibility index (Phi) is 32.1. The molecule has 0 aromatic heterocycles. The van der Waals surface area contributed by atoms with Crippen LogP contribution in [0, 0.1) is 12.2 Å². The van der Waals surface area contributed by atoms with Crippen LogP contribution in [0.1, 0.15) is 26.7 Å². The van der Waals surface area contributed by atoms with Gasteiger partial charge in [0.2, 0.25) is 0 Å². The Morgan fingerprint density at radius 2 is 1.18 bits per heavy atom. The summed E-state index contributed by atoms with van der Waals surface area (Å²) >= 11 is 0. The Morgan fingerprint density at radius 1 is 0.882 bits per heavy atom. The first-order chi connectivity index (χ1) is 7.83. The van der Waals surface area contributed by atoms with Crippen molar-refractivity contribution in [2.24, 2.45) is 0 Å². The molecule has 2 rings (SSSR count). The second kappa shape index (κ2) is 24.8. The van der Waals surface area contributed by atoms with E-state index in [1.54, 1.807) is 13.8 Å². The SMILES string of the molecule is CCO.CCO.[C-]1=CC=CC1.[C-]1=CC=CC1.[Zr+2]. The molecule has 0 amide bonds. The molecule has 0 saturated heterocycles. The van der Waals surface area contributed by atoms with Crippen molar-refractivity contribution in [1.29, 1.82) is 0 Å². The van der Waals surface area contributed by atoms with E-state index in [4.69, 9.17) is 10.2 Å². The third kappa shape index (κ3) is 31.3. The van der Waals surface area contributed by atoms with Gasteiger partial charge in [-0.3, -0.25) is 12.2 Å². The van der Waals surface area contributed by atoms with Gasteiger partial charge in [-0.15, -0.1) is 12.8 Å². The topological polar surface area (TPSA) is 40.5 Å². The molecular formula is C14H22O2Zr. The molecule has 0 radical (unpaired) electrons. The van der Waals surface area contributed by atoms with Gasteiger partial charge >= 0.3 is 26.2 Å². The fourth-order valence-electron chi connectivity index (χ4n) is 0.680. The van der Waals surface area contributed by atoms with E-state index < -0.39 is 0 Å². The van der Waals surface area contributed by atoms with E-state index in [9.17, 15) is 0 Å². The van der Waals surface area contributed by atoms with E-state index in [2.05, 4.69) is 24.3 Å². The molecule has 94 valence electrons. The van der Waals surface area contributed by atoms with Gasteiger partial charge < -0.3 is 10.2 Å². The number of hydrogen-bond donors (Lipinski definition) is 2. The molecule has 3 heteroatoms. The van der Waals surface area contributed by atoms with Gasteiger partial charge in [0, 0.05) is 13.2 Å². The van der Waals surface area contributed by atoms with Crippen molar-refractivity contribution in [3.05, 3.63) is 48.6 Å². The molecule has 2 nitrogen and oxygen atoms in total. The molecule has 0 aromatic carbocycles. The second-order valence-corrected chi connectivity index (χ2v) is 2.64. The largest absolute Gasteiger partial charge is 2.00 e. The van der Waals surface area contributed by atoms with Crippen LogP contribution in [-0.2, 0) is 26.2 Å². The van der Waals surface area contributed by atoms with E-state index >= 15 is 0 Å². The number of allylic oxidation sites excluding steroid dienone is 8. The van der Waals surface area contributed by atoms with Crippen LogP contribution in [-0.4, -0.2) is 23.4 Å². The first-order valence-corrected chi connectivity index (χ1v) is 5.48. The van der Waals surface area contributed by atoms with Crippen LogP contribution in [0.4, 0.5) is 0 Å². The van der Waals surface area contributed by atoms with Crippen LogP contribution in [0.2, 0.25) is 0 Å². The van der Waals surface area contributed by atoms with Crippen molar-refractivity contribution < 1.29 is 36.4 Å². The molecule has 2 aliphatic carbocycles. The molecule has 2 aliphatic rings. The average molecular weight is 314 g/mol. The van der Waals surface area contributed by atoms with Crippen LogP contribution >= 0.6 is 0 Å². The summed E-state index contributed by atoms with van der Waals surface area (Å²) in [6, 6.07) is 0. The minimum Gasteiger partial charge on any atom is -0.397 e. The van der Waals surface area contributed by atoms with Gasteiger partial charge in [-0.05, 0) is 13.8 Å². The molecular weight excluding hydrogens is 291 g/mol. The molecule has 0 aromatic rings. The number of rotatable bonds is 0. The maximum atomic E-state index is 7.57. The maximum absolute atomic E-state index is 7.57. The second-order valence-electron chi connectivity index (χ2n) is 2.64. The monoisotopic (exact) mass is 312 g/mol. The molecule has 0 unspecified atom stereocenters. The molecule has 0 saturated carbocycles. The zero-order valence-corrected chi connectivity index (χ0v) is 13.1. The van der Waals surface area contributed by atoms with E-state index in [0.29, 0.717) is 0 Å². The van der Waals surface area contributed by atoms with Gasteiger partial charge in [0.15, 0.2) is 0 Å². The van der Waals surface area contributed by atoms with Crippen molar-refractivity contribution in [2.45, 2.75) is 26.7 Å². The standard InChI is InChI=1S/2C5H5.2C2H6O.Zr/c2*1-2-4-5-3-1;2*1-2-3;/h2*1-3H,4H2;2*3H,2H2,1H3;/q2*-1;;;+2. The van der Waals surface area contributed by atoms with Gasteiger partial charge in [-0.2, -0.15) is 12.2 Å². The summed E-state index contributed by atoms with van der Waals surface area (Å²) in [5.41, 5.74) is 0. The smallest absolute Gasteiger partial charge is 0.397 e. The summed E-state index contributed by atoms with van der Waals surface area (Å²) in [5, 5.41) is 15.1. The van der Waals surface area contributed by atoms with Crippen molar-refractivity contribution >= 4 is 0 Å². The van der Waals surface area contributed by atoms with Gasteiger partial charge in [-0.25, -0.2) is 24.3 Å². The quantitative estimate of drug-likeness (QED) is 0.675. The predicted molar refractivity (Wildman–Crippen MR) is 68.7 cm³/mol. The molecule has 0 bridgehead atoms. The Labute approximate surface area is 125 Å². The third-order valence-electron chi connectivity index (χ3n) is 1.17. The summed E-state index contributed by atoms with van der Waals surface area (Å²) in [7, 11) is 0. The van der Waals surface area contributed by atoms with Crippen molar-refractivity contribution in [1.82, 2.24) is 0 Å². The van der Waals surface area contributed by atoms with E-state index in [1.165, 1.54) is 0 Å². The summed E-state index contributed by atoms with van der Waals surface area (Å²) in [5.74, 6) is 0. The van der Waals surface area contributed by atoms with E-state index in [-0.39, 0.29) is 39.4 Å². The Morgan fingerprint density at radius 3 is 1.24 bits per heavy atom. The van der Waals surface area contributed by atoms with Crippen LogP contribution in [0.3, 0.4) is 0 Å². The Balaban J connectivity index is -0.000000157. The van der Waals surface area contributed by atoms with Gasteiger partial charge in [0.25, 0.3) is 0 Å². The van der Waals surface area contributed by atoms with Crippen molar-refractivity contribution in [3.63, 3.8) is 0 Å². The van der Waals surface area contributed by atoms with Crippen LogP contribution < -0.4 is 0 Å². The normalized spacial score (nSPS) is 12.5. The molecule has 2 N–H and O–H groups in total. The summed E-state index contributed by atoms with van der Waals surface area (Å²) < 4.78 is 0. The Bertz CT molecular complexity index is 174. The van der Waals surface area contributed by atoms with Gasteiger partial charge in [0.1, 0.15) is 0 Å². The molecule has 17 heavy (non-hydrogen) atoms. The maximum Gasteiger partial charge on any atom is 2.00 e. The minimum absolute atomic E-state index is 0. The zero-order chi connectivity index (χ0) is 12.5. The first-order valence-electron chi connectivity index (χ1n) is 5.48. The minimum atomic E-state index is 0. The molecule has 0 atom stereocenters. The zero-order valence-electron chi connectivity index (χ0n) is 10.7. The number of hydrogen-bond acceptors (Lipinski definition) is 2. The molecule has 0 spiro atoms. The Hall–Kier alpha value is -0.237. The number of aliphatic hydroxyl groups excluding tert-OH is 2. The summed E-state index contributed by atoms with van der Waals surface area (Å²) in [4.78, 5) is 0. The summed E-state index contributed by atoms with van der Waals surface area (Å²) in [6.45, 7) is 3.86. The third-order valence-corrected chi connectivity index (χ3v) is 1.17. The fraction of sp³-hybridized carbons (Fsp3) is 0.429. The van der Waals surface area contributed by atoms with E-state index in [0.717, 1.165) is 12.8 Å². The van der Waals surface area contributed by atoms with E-state index in [1.807, 2.05) is 24.3 Å². The van der Waals surface area contributed by atoms with Crippen LogP contribution in [0.25, 0.3) is 0 Å². The van der Waals surface area contributed by atoms with Crippen molar-refractivity contribution in [3.8, 4) is 0 Å². The fourth-order valence-corrected chi connectivity index (χ4v) is 0.680. The number of aliphatic hydroxyl groups is 2. The van der Waals surface area contributed by atoms with Crippen LogP contribution in [0.5, 0.6) is 0 Å². The summed E-state index contributed by atoms with van der Waals surface area (Å²) in [6.07, 6.45) is 20.0. The van der Waals surface area contributed by atoms with Crippen LogP contribution in [0.15, 0.2) is 36.5 Å².